The van der Waals surface area contributed by atoms with E-state index in [1.54, 1.807) is 6.92 Å². The molecule has 0 radical (unpaired) electrons. The summed E-state index contributed by atoms with van der Waals surface area (Å²) in [6.07, 6.45) is -0.283. The van der Waals surface area contributed by atoms with E-state index in [2.05, 4.69) is 26.2 Å². The Balaban J connectivity index is 5.20. The summed E-state index contributed by atoms with van der Waals surface area (Å²) in [6, 6.07) is 0. The molecule has 0 saturated carbocycles. The van der Waals surface area contributed by atoms with Crippen LogP contribution in [0.4, 0.5) is 0 Å². The third-order valence-electron chi connectivity index (χ3n) is 2.16. The molecule has 0 aliphatic heterocycles. The SMILES string of the molecule is C=C(C)C(=O)OC[Si](O)(O[Si](C)(C)C)O[Si](C)(C)O[Si](C)(C)C. The molecule has 0 fully saturated rings. The van der Waals surface area contributed by atoms with Crippen LogP contribution in [0.2, 0.25) is 52.4 Å². The lowest BCUT2D eigenvalue weighted by atomic mass is 10.4. The summed E-state index contributed by atoms with van der Waals surface area (Å²) in [6.45, 7) is 20.9. The van der Waals surface area contributed by atoms with Gasteiger partial charge in [-0.1, -0.05) is 6.58 Å². The van der Waals surface area contributed by atoms with Crippen molar-refractivity contribution in [3.63, 3.8) is 0 Å². The average Bonchev–Trinajstić information content (AvgIpc) is 2.17. The van der Waals surface area contributed by atoms with E-state index in [1.165, 1.54) is 0 Å². The largest absolute Gasteiger partial charge is 0.518 e. The van der Waals surface area contributed by atoms with E-state index in [1.807, 2.05) is 32.7 Å². The molecule has 0 rings (SSSR count). The highest BCUT2D eigenvalue weighted by atomic mass is 28.5. The van der Waals surface area contributed by atoms with Gasteiger partial charge in [-0.05, 0) is 59.3 Å². The fraction of sp³-hybridized carbons (Fsp3) is 0.769. The molecule has 0 bridgehead atoms. The molecular formula is C13H32O6Si4. The van der Waals surface area contributed by atoms with Gasteiger partial charge in [0.2, 0.25) is 0 Å². The van der Waals surface area contributed by atoms with E-state index in [0.29, 0.717) is 0 Å². The quantitative estimate of drug-likeness (QED) is 0.367. The smallest absolute Gasteiger partial charge is 0.458 e. The Morgan fingerprint density at radius 2 is 1.35 bits per heavy atom. The van der Waals surface area contributed by atoms with E-state index in [0.717, 1.165) is 0 Å². The number of hydrogen-bond donors (Lipinski definition) is 1. The first-order chi connectivity index (χ1) is 9.95. The van der Waals surface area contributed by atoms with Crippen molar-refractivity contribution in [1.82, 2.24) is 0 Å². The molecule has 0 spiro atoms. The van der Waals surface area contributed by atoms with Gasteiger partial charge in [0.1, 0.15) is 0 Å². The number of hydrogen-bond acceptors (Lipinski definition) is 6. The van der Waals surface area contributed by atoms with Crippen LogP contribution in [0.5, 0.6) is 0 Å². The fourth-order valence-electron chi connectivity index (χ4n) is 1.98. The van der Waals surface area contributed by atoms with Gasteiger partial charge in [0.25, 0.3) is 0 Å². The fourth-order valence-corrected chi connectivity index (χ4v) is 16.6. The summed E-state index contributed by atoms with van der Waals surface area (Å²) < 4.78 is 23.1. The number of carbonyl (C=O) groups excluding carboxylic acids is 1. The molecule has 0 aliphatic carbocycles. The van der Waals surface area contributed by atoms with E-state index in [4.69, 9.17) is 17.1 Å². The summed E-state index contributed by atoms with van der Waals surface area (Å²) in [7, 11) is -10.2. The standard InChI is InChI=1S/C13H32O6Si4/c1-12(2)13(14)16-11-23(15,18-21(6,7)8)19-22(9,10)17-20(3,4)5/h15H,1,11H2,2-10H3. The average molecular weight is 397 g/mol. The van der Waals surface area contributed by atoms with Crippen molar-refractivity contribution < 1.29 is 26.7 Å². The number of rotatable bonds is 9. The topological polar surface area (TPSA) is 74.2 Å². The van der Waals surface area contributed by atoms with E-state index in [-0.39, 0.29) is 11.8 Å². The van der Waals surface area contributed by atoms with E-state index >= 15 is 0 Å². The summed E-state index contributed by atoms with van der Waals surface area (Å²) in [5, 5.41) is 0. The zero-order valence-electron chi connectivity index (χ0n) is 15.9. The van der Waals surface area contributed by atoms with E-state index < -0.39 is 40.0 Å². The van der Waals surface area contributed by atoms with Gasteiger partial charge in [-0.3, -0.25) is 0 Å². The van der Waals surface area contributed by atoms with Crippen LogP contribution in [0.15, 0.2) is 12.2 Å². The van der Waals surface area contributed by atoms with Crippen molar-refractivity contribution >= 4 is 40.0 Å². The van der Waals surface area contributed by atoms with Crippen LogP contribution in [0.25, 0.3) is 0 Å². The van der Waals surface area contributed by atoms with Gasteiger partial charge in [-0.25, -0.2) is 4.79 Å². The highest BCUT2D eigenvalue weighted by Crippen LogP contribution is 2.22. The predicted octanol–water partition coefficient (Wildman–Crippen LogP) is 3.00. The zero-order valence-corrected chi connectivity index (χ0v) is 19.9. The molecule has 0 heterocycles. The number of ether oxygens (including phenoxy) is 1. The van der Waals surface area contributed by atoms with Crippen molar-refractivity contribution in [3.8, 4) is 0 Å². The van der Waals surface area contributed by atoms with Gasteiger partial charge >= 0.3 is 23.3 Å². The number of esters is 1. The van der Waals surface area contributed by atoms with Crippen LogP contribution in [0, 0.1) is 0 Å². The molecule has 0 aromatic rings. The summed E-state index contributed by atoms with van der Waals surface area (Å²) >= 11 is 0. The monoisotopic (exact) mass is 396 g/mol. The van der Waals surface area contributed by atoms with Gasteiger partial charge in [0.05, 0.1) is 0 Å². The van der Waals surface area contributed by atoms with Gasteiger partial charge < -0.3 is 21.9 Å². The van der Waals surface area contributed by atoms with Crippen molar-refractivity contribution in [1.29, 1.82) is 0 Å². The van der Waals surface area contributed by atoms with Gasteiger partial charge in [0, 0.05) is 5.57 Å². The molecule has 23 heavy (non-hydrogen) atoms. The Labute approximate surface area is 144 Å². The minimum absolute atomic E-state index is 0.268. The molecule has 1 unspecified atom stereocenters. The molecule has 1 N–H and O–H groups in total. The summed E-state index contributed by atoms with van der Waals surface area (Å²) in [5.41, 5.74) is 0.268. The van der Waals surface area contributed by atoms with Crippen molar-refractivity contribution in [2.75, 3.05) is 6.23 Å². The maximum absolute atomic E-state index is 11.6. The molecule has 0 aliphatic rings. The highest BCUT2D eigenvalue weighted by Gasteiger charge is 2.49. The Morgan fingerprint density at radius 3 is 1.70 bits per heavy atom. The second kappa shape index (κ2) is 7.87. The third-order valence-corrected chi connectivity index (χ3v) is 14.0. The maximum atomic E-state index is 11.6. The van der Waals surface area contributed by atoms with Crippen LogP contribution >= 0.6 is 0 Å². The molecular weight excluding hydrogens is 364 g/mol. The van der Waals surface area contributed by atoms with Gasteiger partial charge in [-0.15, -0.1) is 0 Å². The summed E-state index contributed by atoms with van der Waals surface area (Å²) in [4.78, 5) is 22.5. The molecule has 0 aromatic carbocycles. The molecule has 0 amide bonds. The molecule has 10 heteroatoms. The van der Waals surface area contributed by atoms with Crippen molar-refractivity contribution in [2.24, 2.45) is 0 Å². The third kappa shape index (κ3) is 11.2. The summed E-state index contributed by atoms with van der Waals surface area (Å²) in [5.74, 6) is -0.565. The molecule has 0 aromatic heterocycles. The lowest BCUT2D eigenvalue weighted by Gasteiger charge is -2.38. The Kier molecular flexibility index (Phi) is 7.84. The minimum atomic E-state index is -3.69. The van der Waals surface area contributed by atoms with Crippen molar-refractivity contribution in [3.05, 3.63) is 12.2 Å². The second-order valence-electron chi connectivity index (χ2n) is 8.00. The lowest BCUT2D eigenvalue weighted by molar-refractivity contribution is -0.138. The maximum Gasteiger partial charge on any atom is 0.518 e. The minimum Gasteiger partial charge on any atom is -0.458 e. The van der Waals surface area contributed by atoms with Gasteiger partial charge in [-0.2, -0.15) is 0 Å². The number of carbonyl (C=O) groups is 1. The first-order valence-electron chi connectivity index (χ1n) is 7.60. The van der Waals surface area contributed by atoms with Crippen LogP contribution < -0.4 is 0 Å². The molecule has 1 atom stereocenters. The Morgan fingerprint density at radius 1 is 0.913 bits per heavy atom. The first kappa shape index (κ1) is 22.9. The molecule has 6 nitrogen and oxygen atoms in total. The van der Waals surface area contributed by atoms with Crippen LogP contribution in [0.1, 0.15) is 6.92 Å². The Hall–Kier alpha value is -0.0825. The van der Waals surface area contributed by atoms with Crippen LogP contribution in [0.3, 0.4) is 0 Å². The predicted molar refractivity (Wildman–Crippen MR) is 101 cm³/mol. The first-order valence-corrected chi connectivity index (χ1v) is 19.2. The van der Waals surface area contributed by atoms with Crippen molar-refractivity contribution in [2.45, 2.75) is 59.3 Å². The van der Waals surface area contributed by atoms with Crippen LogP contribution in [-0.2, 0) is 21.9 Å². The molecule has 0 saturated heterocycles. The normalized spacial score (nSPS) is 15.9. The Bertz CT molecular complexity index is 441. The highest BCUT2D eigenvalue weighted by molar-refractivity contribution is 6.87. The van der Waals surface area contributed by atoms with Crippen LogP contribution in [-0.4, -0.2) is 51.0 Å². The lowest BCUT2D eigenvalue weighted by Crippen LogP contribution is -2.61. The zero-order chi connectivity index (χ0) is 18.7. The second-order valence-corrected chi connectivity index (χ2v) is 23.4. The van der Waals surface area contributed by atoms with Gasteiger partial charge in [0.15, 0.2) is 22.9 Å². The molecule has 136 valence electrons. The van der Waals surface area contributed by atoms with E-state index in [9.17, 15) is 9.59 Å².